The number of aliphatic imine (C=N–C) groups is 1. The van der Waals surface area contributed by atoms with E-state index >= 15 is 0 Å². The average molecular weight is 528 g/mol. The lowest BCUT2D eigenvalue weighted by Gasteiger charge is -2.36. The summed E-state index contributed by atoms with van der Waals surface area (Å²) in [5.41, 5.74) is 4.18. The summed E-state index contributed by atoms with van der Waals surface area (Å²) < 4.78 is 0. The molecule has 1 aromatic heterocycles. The number of aromatic nitrogens is 1. The fraction of sp³-hybridized carbons (Fsp3) is 0.345. The first-order valence-corrected chi connectivity index (χ1v) is 13.2. The number of rotatable bonds is 9. The van der Waals surface area contributed by atoms with E-state index in [4.69, 9.17) is 4.99 Å². The van der Waals surface area contributed by atoms with Crippen molar-refractivity contribution in [3.8, 4) is 0 Å². The molecule has 1 fully saturated rings. The quantitative estimate of drug-likeness (QED) is 0.255. The number of carbonyl (C=O) groups excluding carboxylic acids is 1. The minimum Gasteiger partial charge on any atom is -0.369 e. The third-order valence-electron chi connectivity index (χ3n) is 7.23. The van der Waals surface area contributed by atoms with Crippen LogP contribution in [-0.2, 0) is 4.79 Å². The number of hydrogen-bond donors (Lipinski definition) is 1. The molecule has 0 bridgehead atoms. The Hall–Kier alpha value is -4.15. The molecule has 3 aromatic rings. The minimum absolute atomic E-state index is 0.0699. The van der Waals surface area contributed by atoms with Crippen LogP contribution in [0, 0.1) is 10.1 Å². The molecule has 0 saturated carbocycles. The van der Waals surface area contributed by atoms with Crippen LogP contribution in [0.3, 0.4) is 0 Å². The van der Waals surface area contributed by atoms with Crippen molar-refractivity contribution in [2.75, 3.05) is 63.6 Å². The van der Waals surface area contributed by atoms with Crippen LogP contribution in [0.4, 0.5) is 22.7 Å². The highest BCUT2D eigenvalue weighted by Gasteiger charge is 2.36. The molecule has 2 aromatic carbocycles. The lowest BCUT2D eigenvalue weighted by molar-refractivity contribution is -0.384. The molecule has 1 saturated heterocycles. The maximum Gasteiger partial charge on any atom is 0.271 e. The average Bonchev–Trinajstić information content (AvgIpc) is 3.27. The van der Waals surface area contributed by atoms with E-state index in [0.29, 0.717) is 17.0 Å². The summed E-state index contributed by atoms with van der Waals surface area (Å²) in [6.45, 7) is 6.30. The third-order valence-corrected chi connectivity index (χ3v) is 7.23. The van der Waals surface area contributed by atoms with E-state index in [-0.39, 0.29) is 11.6 Å². The van der Waals surface area contributed by atoms with Gasteiger partial charge in [-0.2, -0.15) is 0 Å². The van der Waals surface area contributed by atoms with Gasteiger partial charge in [0.1, 0.15) is 5.92 Å². The van der Waals surface area contributed by atoms with E-state index in [1.807, 2.05) is 18.2 Å². The van der Waals surface area contributed by atoms with Crippen LogP contribution >= 0.6 is 0 Å². The van der Waals surface area contributed by atoms with Gasteiger partial charge in [-0.1, -0.05) is 6.07 Å². The molecular weight excluding hydrogens is 494 g/mol. The third kappa shape index (κ3) is 6.13. The molecule has 3 heterocycles. The number of piperazine rings is 1. The van der Waals surface area contributed by atoms with E-state index in [9.17, 15) is 14.9 Å². The molecule has 0 radical (unpaired) electrons. The molecule has 2 aliphatic heterocycles. The summed E-state index contributed by atoms with van der Waals surface area (Å²) in [5, 5.41) is 14.0. The normalized spacial score (nSPS) is 17.8. The maximum atomic E-state index is 13.1. The van der Waals surface area contributed by atoms with Crippen molar-refractivity contribution in [2.45, 2.75) is 12.3 Å². The summed E-state index contributed by atoms with van der Waals surface area (Å²) in [6, 6.07) is 16.2. The molecule has 10 heteroatoms. The fourth-order valence-corrected chi connectivity index (χ4v) is 5.16. The van der Waals surface area contributed by atoms with Gasteiger partial charge >= 0.3 is 0 Å². The number of fused-ring (bicyclic) bond motifs is 1. The Kier molecular flexibility index (Phi) is 7.94. The number of hydrogen-bond acceptors (Lipinski definition) is 8. The summed E-state index contributed by atoms with van der Waals surface area (Å²) in [6.07, 6.45) is 4.53. The second kappa shape index (κ2) is 11.7. The van der Waals surface area contributed by atoms with E-state index in [0.717, 1.165) is 56.2 Å². The zero-order chi connectivity index (χ0) is 27.4. The molecule has 202 valence electrons. The van der Waals surface area contributed by atoms with Crippen LogP contribution in [0.1, 0.15) is 23.5 Å². The first-order chi connectivity index (χ1) is 18.9. The Labute approximate surface area is 228 Å². The predicted molar refractivity (Wildman–Crippen MR) is 153 cm³/mol. The van der Waals surface area contributed by atoms with Gasteiger partial charge < -0.3 is 15.1 Å². The van der Waals surface area contributed by atoms with Crippen molar-refractivity contribution in [1.82, 2.24) is 14.8 Å². The number of nitro benzene ring substituents is 1. The van der Waals surface area contributed by atoms with Gasteiger partial charge in [0.15, 0.2) is 0 Å². The van der Waals surface area contributed by atoms with Gasteiger partial charge in [0, 0.05) is 62.0 Å². The second-order valence-corrected chi connectivity index (χ2v) is 10.2. The van der Waals surface area contributed by atoms with E-state index in [1.165, 1.54) is 18.6 Å². The van der Waals surface area contributed by atoms with Gasteiger partial charge in [-0.05, 0) is 75.6 Å². The number of carbonyl (C=O) groups is 1. The monoisotopic (exact) mass is 527 g/mol. The Morgan fingerprint density at radius 2 is 1.90 bits per heavy atom. The summed E-state index contributed by atoms with van der Waals surface area (Å²) in [7, 11) is 4.22. The van der Waals surface area contributed by atoms with E-state index in [2.05, 4.69) is 51.2 Å². The van der Waals surface area contributed by atoms with Crippen LogP contribution in [0.5, 0.6) is 0 Å². The molecular formula is C29H33N7O3. The smallest absolute Gasteiger partial charge is 0.271 e. The maximum absolute atomic E-state index is 13.1. The zero-order valence-corrected chi connectivity index (χ0v) is 22.3. The molecule has 1 amide bonds. The highest BCUT2D eigenvalue weighted by atomic mass is 16.6. The topological polar surface area (TPSA) is 107 Å². The predicted octanol–water partition coefficient (Wildman–Crippen LogP) is 3.92. The SMILES string of the molecule is CN(C)CCCN1CCN(c2ccc(N=C(c3cccnc3)C3C(=O)Nc4cc([N+](=O)[O-])ccc43)cc2)CC1. The highest BCUT2D eigenvalue weighted by Crippen LogP contribution is 2.38. The van der Waals surface area contributed by atoms with Crippen molar-refractivity contribution in [1.29, 1.82) is 0 Å². The van der Waals surface area contributed by atoms with Crippen molar-refractivity contribution in [3.63, 3.8) is 0 Å². The highest BCUT2D eigenvalue weighted by molar-refractivity contribution is 6.24. The van der Waals surface area contributed by atoms with Crippen molar-refractivity contribution < 1.29 is 9.72 Å². The fourth-order valence-electron chi connectivity index (χ4n) is 5.16. The van der Waals surface area contributed by atoms with E-state index in [1.54, 1.807) is 24.5 Å². The Morgan fingerprint density at radius 3 is 2.56 bits per heavy atom. The second-order valence-electron chi connectivity index (χ2n) is 10.2. The van der Waals surface area contributed by atoms with Gasteiger partial charge in [0.2, 0.25) is 5.91 Å². The standard InChI is InChI=1S/C29H33N7O3/c1-33(2)13-4-14-34-15-17-35(18-16-34)23-8-6-22(7-9-23)31-28(21-5-3-12-30-20-21)27-25-11-10-24(36(38)39)19-26(25)32-29(27)37/h3,5-12,19-20,27H,4,13-18H2,1-2H3,(H,32,37). The lowest BCUT2D eigenvalue weighted by Crippen LogP contribution is -2.46. The number of anilines is 2. The molecule has 0 spiro atoms. The number of nitrogens with one attached hydrogen (secondary N) is 1. The molecule has 2 aliphatic rings. The number of nitrogens with zero attached hydrogens (tertiary/aromatic N) is 6. The van der Waals surface area contributed by atoms with Crippen LogP contribution < -0.4 is 10.2 Å². The molecule has 1 N–H and O–H groups in total. The number of non-ortho nitro benzene ring substituents is 1. The van der Waals surface area contributed by atoms with Crippen molar-refractivity contribution >= 4 is 34.4 Å². The molecule has 5 rings (SSSR count). The van der Waals surface area contributed by atoms with Crippen LogP contribution in [0.2, 0.25) is 0 Å². The van der Waals surface area contributed by atoms with Crippen LogP contribution in [0.25, 0.3) is 0 Å². The number of nitro groups is 1. The van der Waals surface area contributed by atoms with Crippen LogP contribution in [-0.4, -0.2) is 84.7 Å². The van der Waals surface area contributed by atoms with Gasteiger partial charge in [-0.3, -0.25) is 29.8 Å². The van der Waals surface area contributed by atoms with Crippen molar-refractivity contribution in [3.05, 3.63) is 88.2 Å². The Balaban J connectivity index is 1.35. The first kappa shape index (κ1) is 26.5. The molecule has 1 atom stereocenters. The lowest BCUT2D eigenvalue weighted by atomic mass is 9.91. The number of pyridine rings is 1. The van der Waals surface area contributed by atoms with Crippen molar-refractivity contribution in [2.24, 2.45) is 4.99 Å². The molecule has 10 nitrogen and oxygen atoms in total. The molecule has 1 unspecified atom stereocenters. The van der Waals surface area contributed by atoms with Gasteiger partial charge in [0.25, 0.3) is 5.69 Å². The Bertz CT molecular complexity index is 1350. The first-order valence-electron chi connectivity index (χ1n) is 13.2. The van der Waals surface area contributed by atoms with Gasteiger partial charge in [-0.25, -0.2) is 0 Å². The van der Waals surface area contributed by atoms with Crippen LogP contribution in [0.15, 0.2) is 72.0 Å². The largest absolute Gasteiger partial charge is 0.369 e. The van der Waals surface area contributed by atoms with E-state index < -0.39 is 10.8 Å². The summed E-state index contributed by atoms with van der Waals surface area (Å²) in [4.78, 5) is 40.2. The van der Waals surface area contributed by atoms with Gasteiger partial charge in [-0.15, -0.1) is 0 Å². The molecule has 0 aliphatic carbocycles. The summed E-state index contributed by atoms with van der Waals surface area (Å²) >= 11 is 0. The Morgan fingerprint density at radius 1 is 1.13 bits per heavy atom. The summed E-state index contributed by atoms with van der Waals surface area (Å²) in [5.74, 6) is -0.974. The molecule has 39 heavy (non-hydrogen) atoms. The number of benzene rings is 2. The number of amides is 1. The minimum atomic E-state index is -0.703. The zero-order valence-electron chi connectivity index (χ0n) is 22.3. The van der Waals surface area contributed by atoms with Gasteiger partial charge in [0.05, 0.1) is 22.0 Å².